The predicted octanol–water partition coefficient (Wildman–Crippen LogP) is 22.0. The second-order valence-corrected chi connectivity index (χ2v) is 28.5. The summed E-state index contributed by atoms with van der Waals surface area (Å²) in [5.74, 6) is -2.28. The van der Waals surface area contributed by atoms with Gasteiger partial charge in [-0.2, -0.15) is 0 Å². The normalized spacial score (nSPS) is 14.5. The summed E-state index contributed by atoms with van der Waals surface area (Å²) in [7, 11) is -9.96. The molecule has 0 aliphatic heterocycles. The zero-order chi connectivity index (χ0) is 71.8. The molecule has 0 spiro atoms. The molecule has 5 atom stereocenters. The number of ether oxygens (including phenoxy) is 4. The first-order valence-corrected chi connectivity index (χ1v) is 41.5. The summed E-state index contributed by atoms with van der Waals surface area (Å²) in [6.45, 7) is 4.65. The Bertz CT molecular complexity index is 2240. The number of hydrogen-bond donors (Lipinski definition) is 3. The van der Waals surface area contributed by atoms with Crippen molar-refractivity contribution in [1.29, 1.82) is 0 Å². The van der Waals surface area contributed by atoms with Gasteiger partial charge in [-0.3, -0.25) is 37.3 Å². The number of phosphoric ester groups is 2. The maximum atomic E-state index is 13.1. The van der Waals surface area contributed by atoms with E-state index >= 15 is 0 Å². The predicted molar refractivity (Wildman–Crippen MR) is 399 cm³/mol. The van der Waals surface area contributed by atoms with Crippen molar-refractivity contribution in [2.75, 3.05) is 39.6 Å². The second-order valence-electron chi connectivity index (χ2n) is 25.6. The lowest BCUT2D eigenvalue weighted by Crippen LogP contribution is -2.30. The maximum absolute atomic E-state index is 13.1. The SMILES string of the molecule is CC/C=C\C/C=C\C/C=C\C/C=C\C/C=C\C/C=C\CCC(=O)OCC(COP(=O)(O)OCC(O)COP(=O)(O)OCC(COC(=O)CCCCCCC/C=C\CCCCCC)OC(=O)CCCCCCCCCCCCC)OC(=O)CCCCCCC/C=C\CCCCCCCC. The third-order valence-electron chi connectivity index (χ3n) is 16.0. The topological polar surface area (TPSA) is 237 Å². The molecule has 98 heavy (non-hydrogen) atoms. The first kappa shape index (κ1) is 94.0. The number of esters is 4. The van der Waals surface area contributed by atoms with Gasteiger partial charge in [-0.15, -0.1) is 0 Å². The fourth-order valence-electron chi connectivity index (χ4n) is 10.2. The van der Waals surface area contributed by atoms with Crippen LogP contribution < -0.4 is 0 Å². The lowest BCUT2D eigenvalue weighted by molar-refractivity contribution is -0.161. The van der Waals surface area contributed by atoms with Crippen molar-refractivity contribution in [2.45, 2.75) is 341 Å². The summed E-state index contributed by atoms with van der Waals surface area (Å²) < 4.78 is 68.3. The Morgan fingerprint density at radius 1 is 0.296 bits per heavy atom. The average Bonchev–Trinajstić information content (AvgIpc) is 0.992. The minimum absolute atomic E-state index is 0.0350. The van der Waals surface area contributed by atoms with E-state index in [1.807, 2.05) is 18.2 Å². The Hall–Kier alpha value is -4.02. The van der Waals surface area contributed by atoms with Gasteiger partial charge < -0.3 is 33.8 Å². The monoisotopic (exact) mass is 1420 g/mol. The Balaban J connectivity index is 5.39. The van der Waals surface area contributed by atoms with Gasteiger partial charge in [0, 0.05) is 25.7 Å². The summed E-state index contributed by atoms with van der Waals surface area (Å²) in [6, 6.07) is 0. The van der Waals surface area contributed by atoms with E-state index in [4.69, 9.17) is 37.0 Å². The van der Waals surface area contributed by atoms with Crippen LogP contribution in [0, 0.1) is 0 Å². The largest absolute Gasteiger partial charge is 0.472 e. The molecule has 0 aliphatic rings. The van der Waals surface area contributed by atoms with Crippen molar-refractivity contribution < 1.29 is 80.2 Å². The molecule has 0 saturated heterocycles. The molecule has 0 aromatic rings. The number of aliphatic hydroxyl groups excluding tert-OH is 1. The molecule has 0 aromatic heterocycles. The highest BCUT2D eigenvalue weighted by Crippen LogP contribution is 2.45. The third kappa shape index (κ3) is 70.4. The molecule has 0 rings (SSSR count). The van der Waals surface area contributed by atoms with E-state index in [9.17, 15) is 43.2 Å². The van der Waals surface area contributed by atoms with E-state index in [0.29, 0.717) is 32.1 Å². The molecule has 17 nitrogen and oxygen atoms in total. The molecule has 0 aliphatic carbocycles. The molecule has 3 N–H and O–H groups in total. The second kappa shape index (κ2) is 71.4. The van der Waals surface area contributed by atoms with E-state index in [2.05, 4.69) is 107 Å². The van der Waals surface area contributed by atoms with E-state index in [1.165, 1.54) is 103 Å². The molecule has 0 heterocycles. The Morgan fingerprint density at radius 2 is 0.551 bits per heavy atom. The van der Waals surface area contributed by atoms with Crippen LogP contribution in [-0.2, 0) is 65.4 Å². The molecule has 0 bridgehead atoms. The number of carbonyl (C=O) groups excluding carboxylic acids is 4. The molecule has 19 heteroatoms. The average molecular weight is 1420 g/mol. The van der Waals surface area contributed by atoms with Crippen LogP contribution >= 0.6 is 15.6 Å². The number of hydrogen-bond acceptors (Lipinski definition) is 15. The molecule has 0 radical (unpaired) electrons. The summed E-state index contributed by atoms with van der Waals surface area (Å²) in [4.78, 5) is 72.8. The Kier molecular flexibility index (Phi) is 68.4. The van der Waals surface area contributed by atoms with Crippen LogP contribution in [0.5, 0.6) is 0 Å². The van der Waals surface area contributed by atoms with Crippen LogP contribution in [0.15, 0.2) is 97.2 Å². The van der Waals surface area contributed by atoms with Crippen molar-refractivity contribution in [2.24, 2.45) is 0 Å². The molecule has 5 unspecified atom stereocenters. The highest BCUT2D eigenvalue weighted by atomic mass is 31.2. The van der Waals surface area contributed by atoms with E-state index in [1.54, 1.807) is 0 Å². The quantitative estimate of drug-likeness (QED) is 0.0169. The van der Waals surface area contributed by atoms with Crippen molar-refractivity contribution in [1.82, 2.24) is 0 Å². The van der Waals surface area contributed by atoms with Gasteiger partial charge in [0.15, 0.2) is 12.2 Å². The molecule has 0 saturated carbocycles. The minimum atomic E-state index is -4.99. The van der Waals surface area contributed by atoms with Gasteiger partial charge in [0.1, 0.15) is 19.3 Å². The molecule has 0 aromatic carbocycles. The minimum Gasteiger partial charge on any atom is -0.462 e. The number of aliphatic hydroxyl groups is 1. The van der Waals surface area contributed by atoms with Crippen LogP contribution in [0.3, 0.4) is 0 Å². The smallest absolute Gasteiger partial charge is 0.462 e. The Morgan fingerprint density at radius 3 is 0.888 bits per heavy atom. The summed E-state index contributed by atoms with van der Waals surface area (Å²) in [6.07, 6.45) is 74.2. The van der Waals surface area contributed by atoms with Crippen molar-refractivity contribution in [3.05, 3.63) is 97.2 Å². The van der Waals surface area contributed by atoms with Crippen LogP contribution in [0.25, 0.3) is 0 Å². The zero-order valence-electron chi connectivity index (χ0n) is 61.7. The number of unbranched alkanes of at least 4 members (excludes halogenated alkanes) is 30. The van der Waals surface area contributed by atoms with E-state index < -0.39 is 97.5 Å². The maximum Gasteiger partial charge on any atom is 0.472 e. The summed E-state index contributed by atoms with van der Waals surface area (Å²) >= 11 is 0. The highest BCUT2D eigenvalue weighted by Gasteiger charge is 2.30. The molecule has 566 valence electrons. The fraction of sp³-hybridized carbons (Fsp3) is 0.747. The van der Waals surface area contributed by atoms with Gasteiger partial charge in [0.2, 0.25) is 0 Å². The van der Waals surface area contributed by atoms with Gasteiger partial charge in [0.25, 0.3) is 0 Å². The summed E-state index contributed by atoms with van der Waals surface area (Å²) in [5.41, 5.74) is 0. The van der Waals surface area contributed by atoms with E-state index in [-0.39, 0.29) is 25.7 Å². The van der Waals surface area contributed by atoms with Gasteiger partial charge in [-0.25, -0.2) is 9.13 Å². The van der Waals surface area contributed by atoms with Crippen LogP contribution in [0.4, 0.5) is 0 Å². The third-order valence-corrected chi connectivity index (χ3v) is 17.9. The van der Waals surface area contributed by atoms with Crippen LogP contribution in [-0.4, -0.2) is 96.7 Å². The zero-order valence-corrected chi connectivity index (χ0v) is 63.5. The van der Waals surface area contributed by atoms with Gasteiger partial charge in [-0.05, 0) is 116 Å². The van der Waals surface area contributed by atoms with Crippen molar-refractivity contribution in [3.8, 4) is 0 Å². The van der Waals surface area contributed by atoms with Gasteiger partial charge in [0.05, 0.1) is 26.4 Å². The van der Waals surface area contributed by atoms with Crippen LogP contribution in [0.2, 0.25) is 0 Å². The van der Waals surface area contributed by atoms with Crippen LogP contribution in [0.1, 0.15) is 323 Å². The van der Waals surface area contributed by atoms with Crippen molar-refractivity contribution >= 4 is 39.5 Å². The first-order chi connectivity index (χ1) is 47.7. The number of allylic oxidation sites excluding steroid dienone is 16. The molecule has 0 amide bonds. The molecular weight excluding hydrogens is 1280 g/mol. The lowest BCUT2D eigenvalue weighted by atomic mass is 10.1. The first-order valence-electron chi connectivity index (χ1n) is 38.5. The van der Waals surface area contributed by atoms with Crippen molar-refractivity contribution in [3.63, 3.8) is 0 Å². The van der Waals surface area contributed by atoms with E-state index in [0.717, 1.165) is 135 Å². The fourth-order valence-corrected chi connectivity index (χ4v) is 11.8. The summed E-state index contributed by atoms with van der Waals surface area (Å²) in [5, 5.41) is 10.6. The van der Waals surface area contributed by atoms with Gasteiger partial charge >= 0.3 is 39.5 Å². The van der Waals surface area contributed by atoms with Gasteiger partial charge in [-0.1, -0.05) is 279 Å². The molecule has 0 fully saturated rings. The standard InChI is InChI=1S/C79H138O17P2/c1-5-9-13-17-21-25-29-32-34-35-36-37-39-41-45-48-52-56-60-64-77(82)90-70-75(96-79(84)66-62-58-54-50-46-42-38-33-30-26-22-18-14-10-6-2)72-94-98(87,88)92-68-73(80)67-91-97(85,86)93-71-74(95-78(83)65-61-57-53-49-43-28-24-20-16-12-8-4)69-89-76(81)63-59-55-51-47-44-40-31-27-23-19-15-11-7-3/h9,13,21,25,27,31-34,36-38,41,45,52,56,73-75,80H,5-8,10-12,14-20,22-24,26,28-30,35,39-40,42-44,46-51,53-55,57-72H2,1-4H3,(H,85,86)(H,87,88)/b13-9-,25-21-,31-27-,34-32-,37-36-,38-33-,45-41-,56-52-. The lowest BCUT2D eigenvalue weighted by Gasteiger charge is -2.21. The number of phosphoric acid groups is 2. The molecular formula is C79H138O17P2. The highest BCUT2D eigenvalue weighted by molar-refractivity contribution is 7.47. The number of rotatable bonds is 72. The number of carbonyl (C=O) groups is 4. The Labute approximate surface area is 595 Å².